The molecule has 1 unspecified atom stereocenters. The van der Waals surface area contributed by atoms with Gasteiger partial charge in [-0.15, -0.1) is 0 Å². The number of hydrogen-bond donors (Lipinski definition) is 1. The highest BCUT2D eigenvalue weighted by molar-refractivity contribution is 6.09. The molecule has 0 radical (unpaired) electrons. The van der Waals surface area contributed by atoms with Gasteiger partial charge in [-0.25, -0.2) is 4.79 Å². The number of allylic oxidation sites excluding steroid dienone is 6. The van der Waals surface area contributed by atoms with Crippen molar-refractivity contribution >= 4 is 5.78 Å². The second-order valence-corrected chi connectivity index (χ2v) is 7.05. The Balaban J connectivity index is 3.00. The minimum absolute atomic E-state index is 0.104. The molecule has 0 bridgehead atoms. The first-order valence-electron chi connectivity index (χ1n) is 9.40. The van der Waals surface area contributed by atoms with Gasteiger partial charge in [0.15, 0.2) is 5.78 Å². The largest absolute Gasteiger partial charge is 0.507 e. The fourth-order valence-corrected chi connectivity index (χ4v) is 2.57. The molecule has 0 saturated heterocycles. The van der Waals surface area contributed by atoms with Crippen molar-refractivity contribution in [1.29, 1.82) is 0 Å². The molecular weight excluding hydrogens is 385 g/mol. The predicted octanol–water partition coefficient (Wildman–Crippen LogP) is 6.22. The third kappa shape index (κ3) is 8.13. The van der Waals surface area contributed by atoms with Gasteiger partial charge in [0.1, 0.15) is 17.1 Å². The first-order valence-corrected chi connectivity index (χ1v) is 9.40. The maximum Gasteiger partial charge on any atom is 0.389 e. The molecule has 1 rings (SSSR count). The van der Waals surface area contributed by atoms with Crippen LogP contribution in [-0.4, -0.2) is 17.1 Å². The highest BCUT2D eigenvalue weighted by Gasteiger charge is 2.26. The molecule has 0 fully saturated rings. The molecule has 0 aromatic carbocycles. The average molecular weight is 412 g/mol. The van der Waals surface area contributed by atoms with Crippen molar-refractivity contribution in [3.05, 3.63) is 63.3 Å². The summed E-state index contributed by atoms with van der Waals surface area (Å²) in [6.45, 7) is 6.69. The molecule has 0 saturated carbocycles. The third-order valence-electron chi connectivity index (χ3n) is 4.44. The molecule has 7 heteroatoms. The molecular formula is C22H27F3O4. The second kappa shape index (κ2) is 10.8. The van der Waals surface area contributed by atoms with Crippen LogP contribution in [0.5, 0.6) is 5.75 Å². The van der Waals surface area contributed by atoms with Crippen molar-refractivity contribution in [1.82, 2.24) is 0 Å². The van der Waals surface area contributed by atoms with Crippen molar-refractivity contribution in [2.24, 2.45) is 0 Å². The Morgan fingerprint density at radius 3 is 2.48 bits per heavy atom. The molecule has 0 aliphatic heterocycles. The Hall–Kier alpha value is -2.57. The summed E-state index contributed by atoms with van der Waals surface area (Å²) in [5, 5.41) is 10.2. The van der Waals surface area contributed by atoms with Gasteiger partial charge in [0.05, 0.1) is 0 Å². The predicted molar refractivity (Wildman–Crippen MR) is 106 cm³/mol. The zero-order chi connectivity index (χ0) is 22.2. The van der Waals surface area contributed by atoms with Crippen LogP contribution in [0, 0.1) is 0 Å². The van der Waals surface area contributed by atoms with Crippen LogP contribution in [0.2, 0.25) is 0 Å². The summed E-state index contributed by atoms with van der Waals surface area (Å²) >= 11 is 0. The topological polar surface area (TPSA) is 67.5 Å². The summed E-state index contributed by atoms with van der Waals surface area (Å²) in [6.07, 6.45) is 2.73. The molecule has 1 heterocycles. The summed E-state index contributed by atoms with van der Waals surface area (Å²) < 4.78 is 42.0. The van der Waals surface area contributed by atoms with Crippen molar-refractivity contribution in [3.63, 3.8) is 0 Å². The Morgan fingerprint density at radius 2 is 1.93 bits per heavy atom. The van der Waals surface area contributed by atoms with Crippen LogP contribution in [0.3, 0.4) is 0 Å². The molecule has 1 atom stereocenters. The molecule has 0 aliphatic carbocycles. The van der Waals surface area contributed by atoms with Crippen molar-refractivity contribution in [2.75, 3.05) is 0 Å². The molecule has 160 valence electrons. The van der Waals surface area contributed by atoms with E-state index in [1.54, 1.807) is 0 Å². The number of Topliss-reactive ketones (excluding diaryl/α,β-unsaturated/α-hetero) is 1. The van der Waals surface area contributed by atoms with Crippen LogP contribution in [0.4, 0.5) is 13.2 Å². The van der Waals surface area contributed by atoms with Gasteiger partial charge >= 0.3 is 11.8 Å². The highest BCUT2D eigenvalue weighted by Crippen LogP contribution is 2.26. The number of alkyl halides is 3. The number of carbonyl (C=O) groups is 1. The average Bonchev–Trinajstić information content (AvgIpc) is 2.63. The number of ketones is 1. The van der Waals surface area contributed by atoms with E-state index in [4.69, 9.17) is 4.42 Å². The van der Waals surface area contributed by atoms with Gasteiger partial charge in [-0.2, -0.15) is 13.2 Å². The Labute approximate surface area is 168 Å². The first kappa shape index (κ1) is 24.5. The van der Waals surface area contributed by atoms with Crippen LogP contribution >= 0.6 is 0 Å². The van der Waals surface area contributed by atoms with Crippen molar-refractivity contribution in [2.45, 2.75) is 65.5 Å². The van der Waals surface area contributed by atoms with Crippen LogP contribution < -0.4 is 5.63 Å². The third-order valence-corrected chi connectivity index (χ3v) is 4.44. The van der Waals surface area contributed by atoms with E-state index in [1.165, 1.54) is 32.1 Å². The monoisotopic (exact) mass is 412 g/mol. The van der Waals surface area contributed by atoms with Crippen LogP contribution in [-0.2, 0) is 0 Å². The Bertz CT molecular complexity index is 858. The number of hydrogen-bond acceptors (Lipinski definition) is 4. The molecule has 0 amide bonds. The van der Waals surface area contributed by atoms with Crippen molar-refractivity contribution in [3.8, 4) is 5.75 Å². The van der Waals surface area contributed by atoms with Gasteiger partial charge in [-0.3, -0.25) is 4.79 Å². The molecule has 0 aliphatic rings. The van der Waals surface area contributed by atoms with E-state index in [1.807, 2.05) is 26.0 Å². The Morgan fingerprint density at radius 1 is 1.28 bits per heavy atom. The smallest absolute Gasteiger partial charge is 0.389 e. The van der Waals surface area contributed by atoms with Crippen molar-refractivity contribution < 1.29 is 27.5 Å². The van der Waals surface area contributed by atoms with Crippen LogP contribution in [0.15, 0.2) is 50.7 Å². The second-order valence-electron chi connectivity index (χ2n) is 7.05. The first-order chi connectivity index (χ1) is 13.5. The summed E-state index contributed by atoms with van der Waals surface area (Å²) in [7, 11) is 0. The fourth-order valence-electron chi connectivity index (χ4n) is 2.57. The number of aromatic hydroxyl groups is 1. The van der Waals surface area contributed by atoms with E-state index in [-0.39, 0.29) is 23.7 Å². The minimum Gasteiger partial charge on any atom is -0.507 e. The summed E-state index contributed by atoms with van der Waals surface area (Å²) in [6, 6.07) is 1.27. The summed E-state index contributed by atoms with van der Waals surface area (Å²) in [4.78, 5) is 24.8. The van der Waals surface area contributed by atoms with Gasteiger partial charge in [-0.05, 0) is 45.6 Å². The van der Waals surface area contributed by atoms with E-state index in [0.717, 1.165) is 6.42 Å². The van der Waals surface area contributed by atoms with Crippen LogP contribution in [0.25, 0.3) is 0 Å². The zero-order valence-corrected chi connectivity index (χ0v) is 17.1. The lowest BCUT2D eigenvalue weighted by molar-refractivity contribution is -0.133. The molecule has 29 heavy (non-hydrogen) atoms. The van der Waals surface area contributed by atoms with Gasteiger partial charge in [0.25, 0.3) is 0 Å². The van der Waals surface area contributed by atoms with Gasteiger partial charge in [0, 0.05) is 18.4 Å². The fraction of sp³-hybridized carbons (Fsp3) is 0.455. The number of halogens is 3. The van der Waals surface area contributed by atoms with E-state index in [0.29, 0.717) is 12.0 Å². The maximum atomic E-state index is 12.5. The van der Waals surface area contributed by atoms with Gasteiger partial charge in [0.2, 0.25) is 0 Å². The summed E-state index contributed by atoms with van der Waals surface area (Å²) in [5.41, 5.74) is -0.873. The quantitative estimate of drug-likeness (QED) is 0.226. The van der Waals surface area contributed by atoms with E-state index >= 15 is 0 Å². The number of carbonyl (C=O) groups excluding carboxylic acids is 1. The maximum absolute atomic E-state index is 12.5. The number of rotatable bonds is 9. The molecule has 1 aromatic rings. The van der Waals surface area contributed by atoms with E-state index < -0.39 is 35.3 Å². The van der Waals surface area contributed by atoms with E-state index in [9.17, 15) is 27.9 Å². The van der Waals surface area contributed by atoms with Gasteiger partial charge < -0.3 is 9.52 Å². The van der Waals surface area contributed by atoms with Gasteiger partial charge in [-0.1, -0.05) is 36.8 Å². The molecule has 1 N–H and O–H groups in total. The molecule has 0 spiro atoms. The van der Waals surface area contributed by atoms with E-state index in [2.05, 4.69) is 0 Å². The lowest BCUT2D eigenvalue weighted by Gasteiger charge is -2.11. The van der Waals surface area contributed by atoms with Crippen LogP contribution in [0.1, 0.15) is 75.4 Å². The Kier molecular flexibility index (Phi) is 9.14. The normalized spacial score (nSPS) is 14.4. The lowest BCUT2D eigenvalue weighted by Crippen LogP contribution is -2.16. The minimum atomic E-state index is -4.25. The SMILES string of the molecule is C/C=C/CCC(C)c1cc(O)c(C(=O)/C(C)=C/C=C(\C)CCC(F)(F)F)c(=O)o1. The summed E-state index contributed by atoms with van der Waals surface area (Å²) in [5.74, 6) is -1.03. The lowest BCUT2D eigenvalue weighted by atomic mass is 9.99. The molecule has 1 aromatic heterocycles. The highest BCUT2D eigenvalue weighted by atomic mass is 19.4. The zero-order valence-electron chi connectivity index (χ0n) is 17.1. The molecule has 4 nitrogen and oxygen atoms in total. The standard InChI is InChI=1S/C22H27F3O4/c1-5-6-7-8-15(3)18-13-17(26)19(21(28)29-18)20(27)16(4)10-9-14(2)11-12-22(23,24)25/h5-6,9-10,13,15,26H,7-8,11-12H2,1-4H3/b6-5+,14-9+,16-10+.